The van der Waals surface area contributed by atoms with E-state index in [0.29, 0.717) is 36.1 Å². The van der Waals surface area contributed by atoms with E-state index in [1.54, 1.807) is 34.7 Å². The molecule has 0 radical (unpaired) electrons. The highest BCUT2D eigenvalue weighted by molar-refractivity contribution is 6.30. The van der Waals surface area contributed by atoms with Gasteiger partial charge in [-0.2, -0.15) is 5.10 Å². The molecule has 0 bridgehead atoms. The maximum atomic E-state index is 13.5. The van der Waals surface area contributed by atoms with Gasteiger partial charge in [-0.25, -0.2) is 4.68 Å². The summed E-state index contributed by atoms with van der Waals surface area (Å²) < 4.78 is 8.78. The lowest BCUT2D eigenvalue weighted by Crippen LogP contribution is -2.43. The van der Waals surface area contributed by atoms with E-state index in [0.717, 1.165) is 24.2 Å². The quantitative estimate of drug-likeness (QED) is 0.563. The van der Waals surface area contributed by atoms with E-state index in [1.165, 1.54) is 0 Å². The summed E-state index contributed by atoms with van der Waals surface area (Å²) in [5.41, 5.74) is 2.80. The van der Waals surface area contributed by atoms with Gasteiger partial charge in [-0.3, -0.25) is 9.59 Å². The summed E-state index contributed by atoms with van der Waals surface area (Å²) in [6, 6.07) is 12.9. The first-order valence-corrected chi connectivity index (χ1v) is 10.8. The highest BCUT2D eigenvalue weighted by atomic mass is 35.5. The molecule has 1 aliphatic heterocycles. The Balaban J connectivity index is 1.69. The van der Waals surface area contributed by atoms with E-state index < -0.39 is 0 Å². The predicted octanol–water partition coefficient (Wildman–Crippen LogP) is 3.95. The zero-order valence-electron chi connectivity index (χ0n) is 17.6. The second-order valence-corrected chi connectivity index (χ2v) is 8.09. The van der Waals surface area contributed by atoms with Gasteiger partial charge in [-0.15, -0.1) is 0 Å². The summed E-state index contributed by atoms with van der Waals surface area (Å²) in [6.07, 6.45) is 3.43. The molecule has 1 aromatic carbocycles. The summed E-state index contributed by atoms with van der Waals surface area (Å²) in [5.74, 6) is -0.690. The number of ether oxygens (including phenoxy) is 1. The minimum Gasteiger partial charge on any atom is -0.466 e. The van der Waals surface area contributed by atoms with Crippen molar-refractivity contribution in [2.75, 3.05) is 19.7 Å². The van der Waals surface area contributed by atoms with Crippen LogP contribution in [0.2, 0.25) is 5.02 Å². The van der Waals surface area contributed by atoms with Gasteiger partial charge >= 0.3 is 5.97 Å². The van der Waals surface area contributed by atoms with Crippen LogP contribution in [0.3, 0.4) is 0 Å². The average molecular weight is 441 g/mol. The maximum absolute atomic E-state index is 13.5. The number of nitrogens with zero attached hydrogens (tertiary/aromatic N) is 4. The van der Waals surface area contributed by atoms with Gasteiger partial charge in [0.05, 0.1) is 23.9 Å². The molecular weight excluding hydrogens is 416 g/mol. The number of halogens is 1. The molecule has 7 nitrogen and oxygen atoms in total. The third-order valence-electron chi connectivity index (χ3n) is 5.53. The first-order chi connectivity index (χ1) is 15.0. The summed E-state index contributed by atoms with van der Waals surface area (Å²) in [6.45, 7) is 3.08. The molecule has 1 fully saturated rings. The molecule has 0 N–H and O–H groups in total. The monoisotopic (exact) mass is 440 g/mol. The van der Waals surface area contributed by atoms with Crippen molar-refractivity contribution in [3.63, 3.8) is 0 Å². The van der Waals surface area contributed by atoms with E-state index in [9.17, 15) is 9.59 Å². The Morgan fingerprint density at radius 2 is 2.00 bits per heavy atom. The van der Waals surface area contributed by atoms with Crippen LogP contribution >= 0.6 is 11.6 Å². The Labute approximate surface area is 186 Å². The van der Waals surface area contributed by atoms with Crippen molar-refractivity contribution in [1.82, 2.24) is 19.2 Å². The van der Waals surface area contributed by atoms with Crippen LogP contribution in [0.4, 0.5) is 0 Å². The van der Waals surface area contributed by atoms with Gasteiger partial charge in [0, 0.05) is 31.4 Å². The Hall–Kier alpha value is -3.06. The van der Waals surface area contributed by atoms with Crippen molar-refractivity contribution in [3.05, 3.63) is 59.4 Å². The van der Waals surface area contributed by atoms with Crippen molar-refractivity contribution in [1.29, 1.82) is 0 Å². The van der Waals surface area contributed by atoms with Gasteiger partial charge in [0.2, 0.25) is 0 Å². The van der Waals surface area contributed by atoms with Gasteiger partial charge < -0.3 is 14.2 Å². The second-order valence-electron chi connectivity index (χ2n) is 7.65. The molecule has 1 atom stereocenters. The molecule has 3 heterocycles. The number of aromatic nitrogens is 3. The number of likely N-dealkylation sites (tertiary alicyclic amines) is 1. The van der Waals surface area contributed by atoms with E-state index in [1.807, 2.05) is 42.1 Å². The normalized spacial score (nSPS) is 16.4. The van der Waals surface area contributed by atoms with Gasteiger partial charge in [-0.1, -0.05) is 11.6 Å². The minimum atomic E-state index is -0.295. The number of rotatable bonds is 5. The standard InChI is InChI=1S/C23H25ClN4O3/c1-3-31-23(30)16-6-4-13-27(15-16)22(29)21-14-19(20-7-5-12-26(20)2)25-28(21)18-10-8-17(24)9-11-18/h5,7-12,14,16H,3-4,6,13,15H2,1-2H3. The van der Waals surface area contributed by atoms with Crippen LogP contribution in [-0.4, -0.2) is 50.8 Å². The van der Waals surface area contributed by atoms with Crippen molar-refractivity contribution in [2.45, 2.75) is 19.8 Å². The Bertz CT molecular complexity index is 1090. The van der Waals surface area contributed by atoms with Crippen molar-refractivity contribution < 1.29 is 14.3 Å². The van der Waals surface area contributed by atoms with Crippen LogP contribution < -0.4 is 0 Å². The molecule has 0 saturated carbocycles. The molecule has 0 aliphatic carbocycles. The van der Waals surface area contributed by atoms with Crippen LogP contribution in [0.1, 0.15) is 30.3 Å². The smallest absolute Gasteiger partial charge is 0.310 e. The van der Waals surface area contributed by atoms with Gasteiger partial charge in [0.15, 0.2) is 0 Å². The number of esters is 1. The number of carbonyl (C=O) groups is 2. The van der Waals surface area contributed by atoms with Crippen LogP contribution in [-0.2, 0) is 16.6 Å². The summed E-state index contributed by atoms with van der Waals surface area (Å²) in [7, 11) is 1.94. The van der Waals surface area contributed by atoms with E-state index >= 15 is 0 Å². The molecule has 0 spiro atoms. The number of hydrogen-bond acceptors (Lipinski definition) is 4. The highest BCUT2D eigenvalue weighted by Crippen LogP contribution is 2.26. The molecule has 1 amide bonds. The second kappa shape index (κ2) is 8.98. The van der Waals surface area contributed by atoms with E-state index in [2.05, 4.69) is 0 Å². The predicted molar refractivity (Wildman–Crippen MR) is 118 cm³/mol. The molecule has 3 aromatic rings. The molecule has 8 heteroatoms. The van der Waals surface area contributed by atoms with Crippen molar-refractivity contribution in [2.24, 2.45) is 13.0 Å². The molecule has 162 valence electrons. The maximum Gasteiger partial charge on any atom is 0.310 e. The number of hydrogen-bond donors (Lipinski definition) is 0. The van der Waals surface area contributed by atoms with Crippen molar-refractivity contribution in [3.8, 4) is 17.1 Å². The zero-order valence-corrected chi connectivity index (χ0v) is 18.4. The average Bonchev–Trinajstić information content (AvgIpc) is 3.40. The van der Waals surface area contributed by atoms with Crippen LogP contribution in [0.15, 0.2) is 48.7 Å². The fourth-order valence-electron chi connectivity index (χ4n) is 3.94. The van der Waals surface area contributed by atoms with Crippen LogP contribution in [0.25, 0.3) is 17.1 Å². The lowest BCUT2D eigenvalue weighted by molar-refractivity contribution is -0.149. The molecule has 1 unspecified atom stereocenters. The Morgan fingerprint density at radius 1 is 1.23 bits per heavy atom. The number of aryl methyl sites for hydroxylation is 1. The summed E-state index contributed by atoms with van der Waals surface area (Å²) >= 11 is 6.05. The first-order valence-electron chi connectivity index (χ1n) is 10.4. The van der Waals surface area contributed by atoms with E-state index in [-0.39, 0.29) is 17.8 Å². The highest BCUT2D eigenvalue weighted by Gasteiger charge is 2.31. The zero-order chi connectivity index (χ0) is 22.0. The van der Waals surface area contributed by atoms with Crippen LogP contribution in [0, 0.1) is 5.92 Å². The largest absolute Gasteiger partial charge is 0.466 e. The molecule has 1 aliphatic rings. The lowest BCUT2D eigenvalue weighted by Gasteiger charge is -2.31. The number of amides is 1. The number of benzene rings is 1. The fourth-order valence-corrected chi connectivity index (χ4v) is 4.07. The summed E-state index contributed by atoms with van der Waals surface area (Å²) in [4.78, 5) is 27.5. The number of piperidine rings is 1. The fraction of sp³-hybridized carbons (Fsp3) is 0.348. The number of carbonyl (C=O) groups excluding carboxylic acids is 2. The van der Waals surface area contributed by atoms with Gasteiger partial charge in [0.25, 0.3) is 5.91 Å². The Kier molecular flexibility index (Phi) is 6.13. The third-order valence-corrected chi connectivity index (χ3v) is 5.79. The first kappa shape index (κ1) is 21.2. The van der Waals surface area contributed by atoms with Gasteiger partial charge in [-0.05, 0) is 62.2 Å². The molecule has 2 aromatic heterocycles. The molecule has 4 rings (SSSR count). The topological polar surface area (TPSA) is 69.4 Å². The van der Waals surface area contributed by atoms with Gasteiger partial charge in [0.1, 0.15) is 11.4 Å². The Morgan fingerprint density at radius 3 is 2.68 bits per heavy atom. The lowest BCUT2D eigenvalue weighted by atomic mass is 9.98. The summed E-state index contributed by atoms with van der Waals surface area (Å²) in [5, 5.41) is 5.34. The molecule has 31 heavy (non-hydrogen) atoms. The molecular formula is C23H25ClN4O3. The molecule has 1 saturated heterocycles. The third kappa shape index (κ3) is 4.37. The van der Waals surface area contributed by atoms with E-state index in [4.69, 9.17) is 21.4 Å². The van der Waals surface area contributed by atoms with Crippen molar-refractivity contribution >= 4 is 23.5 Å². The minimum absolute atomic E-state index is 0.156. The van der Waals surface area contributed by atoms with Crippen LogP contribution in [0.5, 0.6) is 0 Å². The SMILES string of the molecule is CCOC(=O)C1CCCN(C(=O)c2cc(-c3cccn3C)nn2-c2ccc(Cl)cc2)C1.